The van der Waals surface area contributed by atoms with Gasteiger partial charge in [-0.15, -0.1) is 0 Å². The Kier molecular flexibility index (Phi) is 4.36. The fourth-order valence-electron chi connectivity index (χ4n) is 3.45. The van der Waals surface area contributed by atoms with Crippen molar-refractivity contribution in [1.82, 2.24) is 4.90 Å². The Hall–Kier alpha value is -2.85. The van der Waals surface area contributed by atoms with Gasteiger partial charge in [0.05, 0.1) is 5.03 Å². The summed E-state index contributed by atoms with van der Waals surface area (Å²) in [6.45, 7) is 4.33. The van der Waals surface area contributed by atoms with Gasteiger partial charge in [0.25, 0.3) is 0 Å². The molecule has 0 atom stereocenters. The Bertz CT molecular complexity index is 1260. The van der Waals surface area contributed by atoms with Gasteiger partial charge in [0.2, 0.25) is 0 Å². The molecule has 0 bridgehead atoms. The first-order valence-electron chi connectivity index (χ1n) is 8.84. The van der Waals surface area contributed by atoms with E-state index in [2.05, 4.69) is 68.3 Å². The van der Waals surface area contributed by atoms with Gasteiger partial charge in [0.15, 0.2) is 0 Å². The van der Waals surface area contributed by atoms with Crippen molar-refractivity contribution in [2.24, 2.45) is 0 Å². The van der Waals surface area contributed by atoms with Crippen LogP contribution in [0.4, 0.5) is 0 Å². The van der Waals surface area contributed by atoms with Gasteiger partial charge in [-0.2, -0.15) is 0 Å². The van der Waals surface area contributed by atoms with Crippen molar-refractivity contribution in [3.8, 4) is 0 Å². The van der Waals surface area contributed by atoms with Crippen LogP contribution in [-0.4, -0.2) is 24.4 Å². The molecule has 4 heteroatoms. The Labute approximate surface area is 162 Å². The van der Waals surface area contributed by atoms with Crippen molar-refractivity contribution in [3.63, 3.8) is 0 Å². The van der Waals surface area contributed by atoms with Gasteiger partial charge >= 0.3 is 0 Å². The maximum absolute atomic E-state index is 7.46. The average Bonchev–Trinajstić information content (AvgIpc) is 2.94. The molecule has 0 unspecified atom stereocenters. The summed E-state index contributed by atoms with van der Waals surface area (Å²) in [5, 5.41) is 23.1. The van der Waals surface area contributed by atoms with Crippen molar-refractivity contribution in [2.75, 3.05) is 7.05 Å². The fraction of sp³-hybridized carbons (Fsp3) is 0.130. The van der Waals surface area contributed by atoms with Gasteiger partial charge in [0, 0.05) is 40.9 Å². The Morgan fingerprint density at radius 1 is 0.852 bits per heavy atom. The number of hydrogen-bond donors (Lipinski definition) is 2. The van der Waals surface area contributed by atoms with Crippen LogP contribution in [0.2, 0.25) is 0 Å². The summed E-state index contributed by atoms with van der Waals surface area (Å²) in [5.41, 5.74) is 1.92. The minimum Gasteiger partial charge on any atom is -0.342 e. The van der Waals surface area contributed by atoms with E-state index in [1.54, 1.807) is 0 Å². The molecule has 1 heterocycles. The standard InChI is InChI=1S/C23H21N3S/c1-14-15(2)27-23(26(14)3)19-7-6-17-8-20-10-18(22(12-24)13-25)5-4-16(20)9-21(17)11-19/h4-13,24-25H,1-3H3/b22-18?,23-19+,24-12?,25-13?. The highest BCUT2D eigenvalue weighted by Gasteiger charge is 2.19. The topological polar surface area (TPSA) is 50.9 Å². The minimum absolute atomic E-state index is 0.614. The molecule has 2 N–H and O–H groups in total. The molecule has 0 fully saturated rings. The Balaban J connectivity index is 1.93. The molecule has 0 saturated heterocycles. The molecule has 0 saturated carbocycles. The number of nitrogens with one attached hydrogen (secondary N) is 2. The van der Waals surface area contributed by atoms with Gasteiger partial charge in [0.1, 0.15) is 0 Å². The molecular formula is C23H21N3S. The molecule has 1 aliphatic rings. The van der Waals surface area contributed by atoms with Gasteiger partial charge in [-0.1, -0.05) is 36.0 Å². The minimum atomic E-state index is 0.614. The maximum atomic E-state index is 7.46. The van der Waals surface area contributed by atoms with Crippen molar-refractivity contribution < 1.29 is 0 Å². The van der Waals surface area contributed by atoms with E-state index in [0.29, 0.717) is 5.57 Å². The van der Waals surface area contributed by atoms with E-state index in [9.17, 15) is 0 Å². The zero-order valence-electron chi connectivity index (χ0n) is 15.6. The van der Waals surface area contributed by atoms with Crippen LogP contribution < -0.4 is 10.4 Å². The summed E-state index contributed by atoms with van der Waals surface area (Å²) in [6, 6.07) is 17.2. The lowest BCUT2D eigenvalue weighted by Gasteiger charge is -2.14. The second-order valence-electron chi connectivity index (χ2n) is 6.83. The first-order valence-corrected chi connectivity index (χ1v) is 9.65. The molecule has 27 heavy (non-hydrogen) atoms. The number of nitrogens with zero attached hydrogens (tertiary/aromatic N) is 1. The van der Waals surface area contributed by atoms with Crippen LogP contribution in [-0.2, 0) is 0 Å². The summed E-state index contributed by atoms with van der Waals surface area (Å²) in [6.07, 6.45) is 2.46. The highest BCUT2D eigenvalue weighted by molar-refractivity contribution is 8.11. The fourth-order valence-corrected chi connectivity index (χ4v) is 4.54. The molecule has 3 nitrogen and oxygen atoms in total. The van der Waals surface area contributed by atoms with Crippen LogP contribution in [0.3, 0.4) is 0 Å². The molecule has 0 aliphatic carbocycles. The molecule has 0 radical (unpaired) electrons. The smallest absolute Gasteiger partial charge is 0.0866 e. The number of allylic oxidation sites excluding steroid dienone is 2. The summed E-state index contributed by atoms with van der Waals surface area (Å²) >= 11 is 1.83. The first-order chi connectivity index (χ1) is 13.0. The van der Waals surface area contributed by atoms with Crippen molar-refractivity contribution in [2.45, 2.75) is 13.8 Å². The number of rotatable bonds is 2. The number of hydrogen-bond acceptors (Lipinski definition) is 4. The SMILES string of the molecule is CC1=C(C)N(C)/C(=c2/ccc3cc4cc(=C(C=N)C=N)ccc4cc3c2)S1. The van der Waals surface area contributed by atoms with Crippen molar-refractivity contribution in [3.05, 3.63) is 69.6 Å². The molecule has 134 valence electrons. The summed E-state index contributed by atoms with van der Waals surface area (Å²) in [7, 11) is 2.13. The third-order valence-corrected chi connectivity index (χ3v) is 6.56. The van der Waals surface area contributed by atoms with Gasteiger partial charge in [-0.25, -0.2) is 0 Å². The largest absolute Gasteiger partial charge is 0.342 e. The van der Waals surface area contributed by atoms with Crippen LogP contribution >= 0.6 is 11.8 Å². The molecule has 3 aromatic carbocycles. The molecule has 0 spiro atoms. The second kappa shape index (κ2) is 6.71. The van der Waals surface area contributed by atoms with Crippen LogP contribution in [0.5, 0.6) is 0 Å². The van der Waals surface area contributed by atoms with E-state index in [4.69, 9.17) is 10.8 Å². The third-order valence-electron chi connectivity index (χ3n) is 5.25. The van der Waals surface area contributed by atoms with E-state index in [-0.39, 0.29) is 0 Å². The third kappa shape index (κ3) is 2.96. The van der Waals surface area contributed by atoms with Crippen LogP contribution in [0.25, 0.3) is 32.1 Å². The molecule has 3 aromatic rings. The average molecular weight is 372 g/mol. The van der Waals surface area contributed by atoms with Gasteiger partial charge in [-0.05, 0) is 64.9 Å². The summed E-state index contributed by atoms with van der Waals surface area (Å²) in [5.74, 6) is 0. The molecular weight excluding hydrogens is 350 g/mol. The zero-order valence-corrected chi connectivity index (χ0v) is 16.4. The Morgan fingerprint density at radius 3 is 2.07 bits per heavy atom. The highest BCUT2D eigenvalue weighted by Crippen LogP contribution is 2.39. The second-order valence-corrected chi connectivity index (χ2v) is 8.03. The lowest BCUT2D eigenvalue weighted by Crippen LogP contribution is -2.16. The highest BCUT2D eigenvalue weighted by atomic mass is 32.2. The van der Waals surface area contributed by atoms with Crippen molar-refractivity contribution >= 4 is 56.3 Å². The number of thioether (sulfide) groups is 1. The van der Waals surface area contributed by atoms with Crippen LogP contribution in [0.15, 0.2) is 59.1 Å². The van der Waals surface area contributed by atoms with Crippen LogP contribution in [0.1, 0.15) is 13.8 Å². The molecule has 0 aromatic heterocycles. The van der Waals surface area contributed by atoms with Crippen molar-refractivity contribution in [1.29, 1.82) is 10.8 Å². The number of fused-ring (bicyclic) bond motifs is 2. The predicted octanol–water partition coefficient (Wildman–Crippen LogP) is 4.44. The van der Waals surface area contributed by atoms with Gasteiger partial charge < -0.3 is 15.7 Å². The predicted molar refractivity (Wildman–Crippen MR) is 119 cm³/mol. The van der Waals surface area contributed by atoms with E-state index < -0.39 is 0 Å². The van der Waals surface area contributed by atoms with Crippen LogP contribution in [0, 0.1) is 10.8 Å². The molecule has 1 aliphatic heterocycles. The summed E-state index contributed by atoms with van der Waals surface area (Å²) < 4.78 is 0. The summed E-state index contributed by atoms with van der Waals surface area (Å²) in [4.78, 5) is 3.61. The zero-order chi connectivity index (χ0) is 19.1. The van der Waals surface area contributed by atoms with Gasteiger partial charge in [-0.3, -0.25) is 0 Å². The molecule has 4 rings (SSSR count). The van der Waals surface area contributed by atoms with E-state index in [1.807, 2.05) is 17.8 Å². The maximum Gasteiger partial charge on any atom is 0.0866 e. The normalized spacial score (nSPS) is 16.3. The van der Waals surface area contributed by atoms with E-state index >= 15 is 0 Å². The lowest BCUT2D eigenvalue weighted by molar-refractivity contribution is 0.615. The van der Waals surface area contributed by atoms with E-state index in [1.165, 1.54) is 49.4 Å². The monoisotopic (exact) mass is 371 g/mol. The molecule has 0 amide bonds. The van der Waals surface area contributed by atoms with E-state index in [0.717, 1.165) is 10.6 Å². The number of benzene rings is 3. The quantitative estimate of drug-likeness (QED) is 0.517. The lowest BCUT2D eigenvalue weighted by atomic mass is 10.0. The Morgan fingerprint density at radius 2 is 1.48 bits per heavy atom. The first kappa shape index (κ1) is 17.6.